The van der Waals surface area contributed by atoms with Gasteiger partial charge >= 0.3 is 0 Å². The summed E-state index contributed by atoms with van der Waals surface area (Å²) in [5.41, 5.74) is 8.17. The zero-order valence-electron chi connectivity index (χ0n) is 13.3. The third-order valence-corrected chi connectivity index (χ3v) is 3.64. The van der Waals surface area contributed by atoms with Gasteiger partial charge in [0.2, 0.25) is 5.75 Å². The first kappa shape index (κ1) is 17.9. The van der Waals surface area contributed by atoms with E-state index in [0.29, 0.717) is 11.7 Å². The van der Waals surface area contributed by atoms with Crippen LogP contribution in [0.3, 0.4) is 0 Å². The Balaban J connectivity index is 0.00000220. The number of rotatable bonds is 7. The lowest BCUT2D eigenvalue weighted by Gasteiger charge is -2.20. The van der Waals surface area contributed by atoms with Gasteiger partial charge in [-0.3, -0.25) is 0 Å². The molecular weight excluding hydrogens is 290 g/mol. The third-order valence-electron chi connectivity index (χ3n) is 3.64. The summed E-state index contributed by atoms with van der Waals surface area (Å²) in [6.45, 7) is 4.77. The van der Waals surface area contributed by atoms with Crippen LogP contribution in [0.1, 0.15) is 30.9 Å². The van der Waals surface area contributed by atoms with E-state index < -0.39 is 0 Å². The maximum absolute atomic E-state index is 5.96. The Morgan fingerprint density at radius 3 is 2.38 bits per heavy atom. The largest absolute Gasteiger partial charge is 0.493 e. The van der Waals surface area contributed by atoms with Gasteiger partial charge in [0.15, 0.2) is 11.5 Å². The van der Waals surface area contributed by atoms with E-state index in [2.05, 4.69) is 0 Å². The fourth-order valence-electron chi connectivity index (χ4n) is 2.34. The molecule has 1 unspecified atom stereocenters. The summed E-state index contributed by atoms with van der Waals surface area (Å²) >= 11 is 0. The van der Waals surface area contributed by atoms with Gasteiger partial charge in [-0.05, 0) is 50.7 Å². The van der Waals surface area contributed by atoms with Crippen LogP contribution in [0.25, 0.3) is 0 Å². The van der Waals surface area contributed by atoms with Crippen LogP contribution in [0.2, 0.25) is 0 Å². The molecule has 0 aliphatic heterocycles. The van der Waals surface area contributed by atoms with Crippen molar-refractivity contribution < 1.29 is 14.2 Å². The van der Waals surface area contributed by atoms with Crippen LogP contribution in [0.15, 0.2) is 6.07 Å². The van der Waals surface area contributed by atoms with Crippen molar-refractivity contribution in [3.63, 3.8) is 0 Å². The number of aryl methyl sites for hydroxylation is 1. The molecule has 2 N–H and O–H groups in total. The standard InChI is InChI=1S/C16H25NO3.ClH/c1-10-7-14(18-3)16(20-9-12-5-6-12)15(19-4)13(10)8-11(2)17;/h7,11-12H,5-6,8-9,17H2,1-4H3;1H. The molecule has 0 amide bonds. The highest BCUT2D eigenvalue weighted by atomic mass is 35.5. The minimum absolute atomic E-state index is 0. The molecule has 1 aliphatic rings. The Hall–Kier alpha value is -1.13. The van der Waals surface area contributed by atoms with Crippen LogP contribution in [-0.2, 0) is 6.42 Å². The molecule has 120 valence electrons. The fraction of sp³-hybridized carbons (Fsp3) is 0.625. The molecule has 4 nitrogen and oxygen atoms in total. The number of ether oxygens (including phenoxy) is 3. The quantitative estimate of drug-likeness (QED) is 0.840. The average Bonchev–Trinajstić information content (AvgIpc) is 3.22. The van der Waals surface area contributed by atoms with Crippen LogP contribution in [0.5, 0.6) is 17.2 Å². The monoisotopic (exact) mass is 315 g/mol. The van der Waals surface area contributed by atoms with Crippen LogP contribution in [0, 0.1) is 12.8 Å². The highest BCUT2D eigenvalue weighted by molar-refractivity contribution is 5.85. The highest BCUT2D eigenvalue weighted by Crippen LogP contribution is 2.43. The molecule has 1 saturated carbocycles. The second kappa shape index (κ2) is 7.76. The fourth-order valence-corrected chi connectivity index (χ4v) is 2.34. The van der Waals surface area contributed by atoms with Gasteiger partial charge in [0, 0.05) is 11.6 Å². The van der Waals surface area contributed by atoms with Crippen molar-refractivity contribution in [3.05, 3.63) is 17.2 Å². The Morgan fingerprint density at radius 1 is 1.24 bits per heavy atom. The second-order valence-electron chi connectivity index (χ2n) is 5.67. The number of nitrogens with two attached hydrogens (primary N) is 1. The number of hydrogen-bond donors (Lipinski definition) is 1. The van der Waals surface area contributed by atoms with E-state index in [1.165, 1.54) is 12.8 Å². The zero-order chi connectivity index (χ0) is 14.7. The molecule has 0 bridgehead atoms. The molecule has 0 spiro atoms. The van der Waals surface area contributed by atoms with Crippen molar-refractivity contribution in [2.24, 2.45) is 11.7 Å². The molecular formula is C16H26ClNO3. The van der Waals surface area contributed by atoms with Gasteiger partial charge in [0.05, 0.1) is 20.8 Å². The van der Waals surface area contributed by atoms with Crippen molar-refractivity contribution in [1.82, 2.24) is 0 Å². The van der Waals surface area contributed by atoms with Crippen LogP contribution >= 0.6 is 12.4 Å². The smallest absolute Gasteiger partial charge is 0.203 e. The molecule has 0 aromatic heterocycles. The van der Waals surface area contributed by atoms with Crippen molar-refractivity contribution in [1.29, 1.82) is 0 Å². The van der Waals surface area contributed by atoms with Gasteiger partial charge < -0.3 is 19.9 Å². The van der Waals surface area contributed by atoms with Crippen molar-refractivity contribution in [2.45, 2.75) is 39.2 Å². The van der Waals surface area contributed by atoms with E-state index in [1.807, 2.05) is 19.9 Å². The van der Waals surface area contributed by atoms with Crippen LogP contribution < -0.4 is 19.9 Å². The molecule has 1 aromatic rings. The topological polar surface area (TPSA) is 53.7 Å². The Morgan fingerprint density at radius 2 is 1.90 bits per heavy atom. The second-order valence-corrected chi connectivity index (χ2v) is 5.67. The van der Waals surface area contributed by atoms with E-state index in [9.17, 15) is 0 Å². The SMILES string of the molecule is COc1cc(C)c(CC(C)N)c(OC)c1OCC1CC1.Cl. The lowest BCUT2D eigenvalue weighted by molar-refractivity contribution is 0.262. The molecule has 1 aliphatic carbocycles. The normalized spacial score (nSPS) is 15.1. The van der Waals surface area contributed by atoms with E-state index in [4.69, 9.17) is 19.9 Å². The highest BCUT2D eigenvalue weighted by Gasteiger charge is 2.25. The van der Waals surface area contributed by atoms with E-state index in [0.717, 1.165) is 35.7 Å². The maximum atomic E-state index is 5.96. The number of methoxy groups -OCH3 is 2. The third kappa shape index (κ3) is 4.42. The molecule has 0 radical (unpaired) electrons. The average molecular weight is 316 g/mol. The maximum Gasteiger partial charge on any atom is 0.203 e. The van der Waals surface area contributed by atoms with Crippen LogP contribution in [-0.4, -0.2) is 26.9 Å². The summed E-state index contributed by atoms with van der Waals surface area (Å²) in [6.07, 6.45) is 3.27. The van der Waals surface area contributed by atoms with Crippen molar-refractivity contribution >= 4 is 12.4 Å². The van der Waals surface area contributed by atoms with E-state index in [1.54, 1.807) is 14.2 Å². The first-order valence-electron chi connectivity index (χ1n) is 7.19. The van der Waals surface area contributed by atoms with Gasteiger partial charge in [0.1, 0.15) is 0 Å². The molecule has 21 heavy (non-hydrogen) atoms. The predicted octanol–water partition coefficient (Wildman–Crippen LogP) is 3.11. The van der Waals surface area contributed by atoms with Crippen molar-refractivity contribution in [2.75, 3.05) is 20.8 Å². The van der Waals surface area contributed by atoms with Gasteiger partial charge in [-0.15, -0.1) is 12.4 Å². The van der Waals surface area contributed by atoms with Crippen molar-refractivity contribution in [3.8, 4) is 17.2 Å². The van der Waals surface area contributed by atoms with Gasteiger partial charge in [-0.25, -0.2) is 0 Å². The number of hydrogen-bond acceptors (Lipinski definition) is 4. The molecule has 1 atom stereocenters. The van der Waals surface area contributed by atoms with E-state index >= 15 is 0 Å². The van der Waals surface area contributed by atoms with Crippen LogP contribution in [0.4, 0.5) is 0 Å². The molecule has 1 aromatic carbocycles. The Bertz CT molecular complexity index is 473. The zero-order valence-corrected chi connectivity index (χ0v) is 14.1. The number of halogens is 1. The Kier molecular flexibility index (Phi) is 6.62. The molecule has 0 heterocycles. The minimum Gasteiger partial charge on any atom is -0.493 e. The summed E-state index contributed by atoms with van der Waals surface area (Å²) in [7, 11) is 3.33. The minimum atomic E-state index is 0. The lowest BCUT2D eigenvalue weighted by atomic mass is 9.99. The van der Waals surface area contributed by atoms with E-state index in [-0.39, 0.29) is 18.4 Å². The predicted molar refractivity (Wildman–Crippen MR) is 87.1 cm³/mol. The summed E-state index contributed by atoms with van der Waals surface area (Å²) in [4.78, 5) is 0. The molecule has 0 saturated heterocycles. The van der Waals surface area contributed by atoms with Gasteiger partial charge in [-0.2, -0.15) is 0 Å². The first-order valence-corrected chi connectivity index (χ1v) is 7.19. The molecule has 1 fully saturated rings. The lowest BCUT2D eigenvalue weighted by Crippen LogP contribution is -2.19. The van der Waals surface area contributed by atoms with Gasteiger partial charge in [-0.1, -0.05) is 0 Å². The summed E-state index contributed by atoms with van der Waals surface area (Å²) in [6, 6.07) is 2.08. The first-order chi connectivity index (χ1) is 9.56. The summed E-state index contributed by atoms with van der Waals surface area (Å²) in [5.74, 6) is 2.89. The molecule has 2 rings (SSSR count). The summed E-state index contributed by atoms with van der Waals surface area (Å²) in [5, 5.41) is 0. The number of benzene rings is 1. The Labute approximate surface area is 133 Å². The van der Waals surface area contributed by atoms with Gasteiger partial charge in [0.25, 0.3) is 0 Å². The molecule has 5 heteroatoms. The summed E-state index contributed by atoms with van der Waals surface area (Å²) < 4.78 is 17.0.